The highest BCUT2D eigenvalue weighted by molar-refractivity contribution is 7.14. The van der Waals surface area contributed by atoms with E-state index in [9.17, 15) is 14.4 Å². The maximum atomic E-state index is 13.3. The van der Waals surface area contributed by atoms with Gasteiger partial charge in [0.15, 0.2) is 5.13 Å². The molecule has 0 radical (unpaired) electrons. The van der Waals surface area contributed by atoms with E-state index in [-0.39, 0.29) is 28.0 Å². The number of anilines is 2. The van der Waals surface area contributed by atoms with E-state index in [1.54, 1.807) is 48.5 Å². The van der Waals surface area contributed by atoms with Crippen LogP contribution < -0.4 is 16.0 Å². The fourth-order valence-corrected chi connectivity index (χ4v) is 3.55. The zero-order chi connectivity index (χ0) is 21.0. The highest BCUT2D eigenvalue weighted by atomic mass is 35.5. The molecule has 0 unspecified atom stereocenters. The summed E-state index contributed by atoms with van der Waals surface area (Å²) in [6.07, 6.45) is 0. The van der Waals surface area contributed by atoms with Crippen LogP contribution in [0.4, 0.5) is 10.8 Å². The maximum Gasteiger partial charge on any atom is 0.271 e. The first kappa shape index (κ1) is 20.8. The molecule has 29 heavy (non-hydrogen) atoms. The quantitative estimate of drug-likeness (QED) is 0.599. The van der Waals surface area contributed by atoms with E-state index in [4.69, 9.17) is 28.9 Å². The van der Waals surface area contributed by atoms with Crippen molar-refractivity contribution in [3.05, 3.63) is 75.2 Å². The van der Waals surface area contributed by atoms with Gasteiger partial charge in [-0.05, 0) is 36.4 Å². The summed E-state index contributed by atoms with van der Waals surface area (Å²) in [6, 6.07) is 13.2. The number of nitrogens with zero attached hydrogens (tertiary/aromatic N) is 2. The minimum absolute atomic E-state index is 0.0529. The van der Waals surface area contributed by atoms with E-state index in [2.05, 4.69) is 10.3 Å². The average Bonchev–Trinajstić information content (AvgIpc) is 3.18. The average molecular weight is 449 g/mol. The molecule has 0 atom stereocenters. The van der Waals surface area contributed by atoms with E-state index in [0.29, 0.717) is 10.7 Å². The summed E-state index contributed by atoms with van der Waals surface area (Å²) in [6.45, 7) is -0.314. The van der Waals surface area contributed by atoms with Crippen molar-refractivity contribution in [1.29, 1.82) is 0 Å². The summed E-state index contributed by atoms with van der Waals surface area (Å²) in [4.78, 5) is 41.8. The Bertz CT molecular complexity index is 1070. The number of amides is 3. The van der Waals surface area contributed by atoms with Crippen LogP contribution in [0.1, 0.15) is 20.8 Å². The summed E-state index contributed by atoms with van der Waals surface area (Å²) in [7, 11) is 0. The van der Waals surface area contributed by atoms with Gasteiger partial charge in [0.1, 0.15) is 5.69 Å². The first-order valence-corrected chi connectivity index (χ1v) is 9.87. The number of halogens is 2. The number of nitrogens with two attached hydrogens (primary N) is 1. The monoisotopic (exact) mass is 448 g/mol. The minimum atomic E-state index is -0.675. The van der Waals surface area contributed by atoms with Crippen LogP contribution in [0.5, 0.6) is 0 Å². The van der Waals surface area contributed by atoms with Gasteiger partial charge < -0.3 is 11.1 Å². The third-order valence-corrected chi connectivity index (χ3v) is 5.14. The fourth-order valence-electron chi connectivity index (χ4n) is 2.39. The lowest BCUT2D eigenvalue weighted by molar-refractivity contribution is -0.117. The van der Waals surface area contributed by atoms with Crippen molar-refractivity contribution >= 4 is 63.1 Å². The van der Waals surface area contributed by atoms with Gasteiger partial charge in [-0.25, -0.2) is 4.98 Å². The molecule has 0 bridgehead atoms. The molecule has 0 aliphatic carbocycles. The smallest absolute Gasteiger partial charge is 0.271 e. The third kappa shape index (κ3) is 4.92. The Kier molecular flexibility index (Phi) is 6.48. The van der Waals surface area contributed by atoms with Crippen LogP contribution in [0.25, 0.3) is 0 Å². The van der Waals surface area contributed by atoms with E-state index in [0.717, 1.165) is 11.3 Å². The van der Waals surface area contributed by atoms with Gasteiger partial charge in [0.25, 0.3) is 11.8 Å². The summed E-state index contributed by atoms with van der Waals surface area (Å²) in [5.74, 6) is -1.67. The summed E-state index contributed by atoms with van der Waals surface area (Å²) >= 11 is 13.2. The normalized spacial score (nSPS) is 10.4. The van der Waals surface area contributed by atoms with Gasteiger partial charge >= 0.3 is 0 Å². The maximum absolute atomic E-state index is 13.3. The molecular weight excluding hydrogens is 435 g/mol. The topological polar surface area (TPSA) is 105 Å². The van der Waals surface area contributed by atoms with Gasteiger partial charge in [-0.3, -0.25) is 19.3 Å². The number of hydrogen-bond donors (Lipinski definition) is 2. The van der Waals surface area contributed by atoms with Crippen LogP contribution in [-0.4, -0.2) is 29.3 Å². The first-order valence-electron chi connectivity index (χ1n) is 8.23. The number of thiazole rings is 1. The SMILES string of the molecule is NC(=O)CNC(=O)c1csc(N(C(=O)c2ccccc2Cl)c2ccc(Cl)cc2)n1. The molecule has 7 nitrogen and oxygen atoms in total. The molecule has 0 saturated carbocycles. The van der Waals surface area contributed by atoms with Gasteiger partial charge in [-0.2, -0.15) is 0 Å². The fraction of sp³-hybridized carbons (Fsp3) is 0.0526. The second kappa shape index (κ2) is 9.04. The Balaban J connectivity index is 1.99. The Hall–Kier alpha value is -2.94. The van der Waals surface area contributed by atoms with Gasteiger partial charge in [0.2, 0.25) is 5.91 Å². The van der Waals surface area contributed by atoms with Gasteiger partial charge in [-0.1, -0.05) is 35.3 Å². The van der Waals surface area contributed by atoms with Crippen molar-refractivity contribution in [1.82, 2.24) is 10.3 Å². The van der Waals surface area contributed by atoms with Gasteiger partial charge in [0.05, 0.1) is 22.8 Å². The standard InChI is InChI=1S/C19H14Cl2N4O3S/c20-11-5-7-12(8-6-11)25(18(28)13-3-1-2-4-14(13)21)19-24-15(10-29-19)17(27)23-9-16(22)26/h1-8,10H,9H2,(H2,22,26)(H,23,27). The zero-order valence-corrected chi connectivity index (χ0v) is 17.1. The van der Waals surface area contributed by atoms with Crippen molar-refractivity contribution in [2.45, 2.75) is 0 Å². The van der Waals surface area contributed by atoms with E-state index < -0.39 is 17.7 Å². The lowest BCUT2D eigenvalue weighted by Gasteiger charge is -2.20. The van der Waals surface area contributed by atoms with Crippen LogP contribution in [0.2, 0.25) is 10.0 Å². The molecule has 0 fully saturated rings. The predicted octanol–water partition coefficient (Wildman–Crippen LogP) is 3.64. The summed E-state index contributed by atoms with van der Waals surface area (Å²) < 4.78 is 0. The van der Waals surface area contributed by atoms with E-state index >= 15 is 0 Å². The molecule has 3 amide bonds. The number of carbonyl (C=O) groups is 3. The molecule has 10 heteroatoms. The largest absolute Gasteiger partial charge is 0.368 e. The Morgan fingerprint density at radius 3 is 2.41 bits per heavy atom. The second-order valence-electron chi connectivity index (χ2n) is 5.76. The molecular formula is C19H14Cl2N4O3S. The number of benzene rings is 2. The molecule has 0 spiro atoms. The third-order valence-electron chi connectivity index (χ3n) is 3.73. The van der Waals surface area contributed by atoms with Gasteiger partial charge in [0, 0.05) is 10.4 Å². The van der Waals surface area contributed by atoms with Crippen molar-refractivity contribution in [3.8, 4) is 0 Å². The molecule has 0 aliphatic rings. The predicted molar refractivity (Wildman–Crippen MR) is 113 cm³/mol. The number of hydrogen-bond acceptors (Lipinski definition) is 5. The van der Waals surface area contributed by atoms with Gasteiger partial charge in [-0.15, -0.1) is 11.3 Å². The lowest BCUT2D eigenvalue weighted by Crippen LogP contribution is -2.33. The molecule has 0 aliphatic heterocycles. The van der Waals surface area contributed by atoms with Crippen LogP contribution in [0.15, 0.2) is 53.9 Å². The minimum Gasteiger partial charge on any atom is -0.368 e. The molecule has 3 rings (SSSR count). The Labute approximate surface area is 180 Å². The van der Waals surface area contributed by atoms with Crippen molar-refractivity contribution in [2.24, 2.45) is 5.73 Å². The highest BCUT2D eigenvalue weighted by Crippen LogP contribution is 2.32. The molecule has 1 aromatic heterocycles. The van der Waals surface area contributed by atoms with Crippen LogP contribution >= 0.6 is 34.5 Å². The molecule has 2 aromatic carbocycles. The number of nitrogens with one attached hydrogen (secondary N) is 1. The first-order chi connectivity index (χ1) is 13.9. The zero-order valence-electron chi connectivity index (χ0n) is 14.8. The van der Waals surface area contributed by atoms with Crippen LogP contribution in [0, 0.1) is 0 Å². The summed E-state index contributed by atoms with van der Waals surface area (Å²) in [5, 5.41) is 4.88. The molecule has 1 heterocycles. The molecule has 3 aromatic rings. The lowest BCUT2D eigenvalue weighted by atomic mass is 10.2. The van der Waals surface area contributed by atoms with Crippen molar-refractivity contribution in [2.75, 3.05) is 11.4 Å². The Morgan fingerprint density at radius 2 is 1.76 bits per heavy atom. The van der Waals surface area contributed by atoms with Crippen molar-refractivity contribution in [3.63, 3.8) is 0 Å². The number of aromatic nitrogens is 1. The van der Waals surface area contributed by atoms with E-state index in [1.807, 2.05) is 0 Å². The van der Waals surface area contributed by atoms with E-state index in [1.165, 1.54) is 10.3 Å². The van der Waals surface area contributed by atoms with Crippen LogP contribution in [-0.2, 0) is 4.79 Å². The summed E-state index contributed by atoms with van der Waals surface area (Å²) in [5.41, 5.74) is 5.86. The highest BCUT2D eigenvalue weighted by Gasteiger charge is 2.25. The van der Waals surface area contributed by atoms with Crippen molar-refractivity contribution < 1.29 is 14.4 Å². The number of carbonyl (C=O) groups excluding carboxylic acids is 3. The van der Waals surface area contributed by atoms with Crippen LogP contribution in [0.3, 0.4) is 0 Å². The second-order valence-corrected chi connectivity index (χ2v) is 7.44. The Morgan fingerprint density at radius 1 is 1.07 bits per heavy atom. The molecule has 148 valence electrons. The molecule has 0 saturated heterocycles. The number of rotatable bonds is 6. The number of primary amides is 1. The molecule has 3 N–H and O–H groups in total.